The van der Waals surface area contributed by atoms with E-state index in [0.29, 0.717) is 12.8 Å². The van der Waals surface area contributed by atoms with Crippen LogP contribution in [0.5, 0.6) is 5.75 Å². The van der Waals surface area contributed by atoms with Crippen LogP contribution in [0.1, 0.15) is 25.8 Å². The van der Waals surface area contributed by atoms with Crippen LogP contribution in [0.25, 0.3) is 0 Å². The summed E-state index contributed by atoms with van der Waals surface area (Å²) >= 11 is 0. The second-order valence-corrected chi connectivity index (χ2v) is 4.95. The van der Waals surface area contributed by atoms with Gasteiger partial charge in [-0.25, -0.2) is 0 Å². The molecule has 0 aliphatic heterocycles. The molecule has 0 saturated heterocycles. The van der Waals surface area contributed by atoms with E-state index in [1.165, 1.54) is 7.11 Å². The predicted molar refractivity (Wildman–Crippen MR) is 73.1 cm³/mol. The van der Waals surface area contributed by atoms with Crippen molar-refractivity contribution >= 4 is 5.97 Å². The van der Waals surface area contributed by atoms with Crippen LogP contribution >= 0.6 is 0 Å². The first-order valence-electron chi connectivity index (χ1n) is 6.34. The Morgan fingerprint density at radius 2 is 1.89 bits per heavy atom. The minimum Gasteiger partial charge on any atom is -0.497 e. The molecule has 1 aromatic carbocycles. The van der Waals surface area contributed by atoms with E-state index < -0.39 is 11.5 Å². The maximum atomic E-state index is 11.5. The minimum absolute atomic E-state index is 0.389. The lowest BCUT2D eigenvalue weighted by Gasteiger charge is -2.28. The summed E-state index contributed by atoms with van der Waals surface area (Å²) in [5.74, 6) is -0.131. The molecule has 0 amide bonds. The van der Waals surface area contributed by atoms with Gasteiger partial charge in [0.1, 0.15) is 5.75 Å². The van der Waals surface area contributed by atoms with Crippen LogP contribution in [0.4, 0.5) is 0 Å². The van der Waals surface area contributed by atoms with E-state index in [0.717, 1.165) is 11.3 Å². The highest BCUT2D eigenvalue weighted by atomic mass is 16.5. The maximum absolute atomic E-state index is 11.5. The van der Waals surface area contributed by atoms with Crippen LogP contribution in [-0.4, -0.2) is 30.9 Å². The fourth-order valence-electron chi connectivity index (χ4n) is 1.84. The molecule has 1 N–H and O–H groups in total. The monoisotopic (exact) mass is 266 g/mol. The Morgan fingerprint density at radius 3 is 2.37 bits per heavy atom. The van der Waals surface area contributed by atoms with Crippen molar-refractivity contribution in [3.8, 4) is 5.75 Å². The number of hydrogen-bond donors (Lipinski definition) is 1. The summed E-state index contributed by atoms with van der Waals surface area (Å²) in [5, 5.41) is 10.3. The summed E-state index contributed by atoms with van der Waals surface area (Å²) in [4.78, 5) is 11.5. The number of ether oxygens (including phenoxy) is 2. The quantitative estimate of drug-likeness (QED) is 0.802. The highest BCUT2D eigenvalue weighted by Gasteiger charge is 2.33. The van der Waals surface area contributed by atoms with Crippen LogP contribution in [0.15, 0.2) is 24.3 Å². The van der Waals surface area contributed by atoms with Gasteiger partial charge in [0.05, 0.1) is 25.7 Å². The van der Waals surface area contributed by atoms with Gasteiger partial charge in [-0.15, -0.1) is 0 Å². The van der Waals surface area contributed by atoms with Gasteiger partial charge in [-0.2, -0.15) is 0 Å². The molecule has 4 nitrogen and oxygen atoms in total. The summed E-state index contributed by atoms with van der Waals surface area (Å²) in [6.07, 6.45) is 1.19. The number of benzene rings is 1. The van der Waals surface area contributed by atoms with Crippen molar-refractivity contribution < 1.29 is 19.4 Å². The largest absolute Gasteiger partial charge is 0.497 e. The van der Waals surface area contributed by atoms with Crippen molar-refractivity contribution in [3.63, 3.8) is 0 Å². The van der Waals surface area contributed by atoms with Gasteiger partial charge in [0.15, 0.2) is 0 Å². The first-order valence-corrected chi connectivity index (χ1v) is 6.34. The molecule has 0 aliphatic carbocycles. The van der Waals surface area contributed by atoms with Crippen molar-refractivity contribution in [3.05, 3.63) is 29.8 Å². The molecule has 0 aliphatic rings. The van der Waals surface area contributed by atoms with Gasteiger partial charge in [0.2, 0.25) is 0 Å². The molecule has 0 spiro atoms. The Hall–Kier alpha value is -1.55. The Labute approximate surface area is 114 Å². The molecule has 2 unspecified atom stereocenters. The summed E-state index contributed by atoms with van der Waals surface area (Å²) in [6, 6.07) is 7.68. The zero-order valence-corrected chi connectivity index (χ0v) is 12.0. The molecule has 106 valence electrons. The summed E-state index contributed by atoms with van der Waals surface area (Å²) in [7, 11) is 2.95. The number of esters is 1. The summed E-state index contributed by atoms with van der Waals surface area (Å²) in [5.41, 5.74) is 0.0191. The molecule has 1 aromatic rings. The van der Waals surface area contributed by atoms with Gasteiger partial charge in [0.25, 0.3) is 0 Å². The first-order chi connectivity index (χ1) is 8.90. The van der Waals surface area contributed by atoms with Gasteiger partial charge < -0.3 is 14.6 Å². The Bertz CT molecular complexity index is 409. The van der Waals surface area contributed by atoms with E-state index in [9.17, 15) is 9.90 Å². The third kappa shape index (κ3) is 4.24. The number of hydrogen-bond acceptors (Lipinski definition) is 4. The van der Waals surface area contributed by atoms with Gasteiger partial charge >= 0.3 is 5.97 Å². The second kappa shape index (κ2) is 6.57. The van der Waals surface area contributed by atoms with Crippen LogP contribution in [0.3, 0.4) is 0 Å². The Balaban J connectivity index is 2.61. The molecule has 4 heteroatoms. The van der Waals surface area contributed by atoms with E-state index in [-0.39, 0.29) is 5.97 Å². The standard InChI is InChI=1S/C15H22O4/c1-11(14(16)19-4)15(2,17)10-9-12-5-7-13(18-3)8-6-12/h5-8,11,17H,9-10H2,1-4H3. The number of aliphatic hydroxyl groups is 1. The first kappa shape index (κ1) is 15.5. The number of rotatable bonds is 6. The smallest absolute Gasteiger partial charge is 0.311 e. The van der Waals surface area contributed by atoms with Crippen LogP contribution in [0.2, 0.25) is 0 Å². The molecular weight excluding hydrogens is 244 g/mol. The van der Waals surface area contributed by atoms with Crippen molar-refractivity contribution in [2.45, 2.75) is 32.3 Å². The molecule has 0 aromatic heterocycles. The van der Waals surface area contributed by atoms with Crippen molar-refractivity contribution in [2.24, 2.45) is 5.92 Å². The maximum Gasteiger partial charge on any atom is 0.311 e. The Kier molecular flexibility index (Phi) is 5.36. The highest BCUT2D eigenvalue weighted by molar-refractivity contribution is 5.73. The molecule has 2 atom stereocenters. The molecular formula is C15H22O4. The minimum atomic E-state index is -1.08. The van der Waals surface area contributed by atoms with Crippen molar-refractivity contribution in [1.29, 1.82) is 0 Å². The van der Waals surface area contributed by atoms with E-state index in [4.69, 9.17) is 4.74 Å². The molecule has 19 heavy (non-hydrogen) atoms. The van der Waals surface area contributed by atoms with Gasteiger partial charge in [-0.3, -0.25) is 4.79 Å². The lowest BCUT2D eigenvalue weighted by atomic mass is 9.85. The molecule has 0 fully saturated rings. The fourth-order valence-corrected chi connectivity index (χ4v) is 1.84. The number of carbonyl (C=O) groups excluding carboxylic acids is 1. The normalized spacial score (nSPS) is 15.4. The molecule has 0 bridgehead atoms. The van der Waals surface area contributed by atoms with Gasteiger partial charge in [-0.1, -0.05) is 12.1 Å². The fraction of sp³-hybridized carbons (Fsp3) is 0.533. The zero-order chi connectivity index (χ0) is 14.5. The van der Waals surface area contributed by atoms with Gasteiger partial charge in [-0.05, 0) is 44.4 Å². The second-order valence-electron chi connectivity index (χ2n) is 4.95. The third-order valence-corrected chi connectivity index (χ3v) is 3.57. The molecule has 0 radical (unpaired) electrons. The summed E-state index contributed by atoms with van der Waals surface area (Å²) < 4.78 is 9.75. The predicted octanol–water partition coefficient (Wildman–Crippen LogP) is 2.19. The van der Waals surface area contributed by atoms with E-state index in [1.54, 1.807) is 21.0 Å². The lowest BCUT2D eigenvalue weighted by molar-refractivity contribution is -0.153. The van der Waals surface area contributed by atoms with Crippen molar-refractivity contribution in [1.82, 2.24) is 0 Å². The molecule has 0 saturated carbocycles. The van der Waals surface area contributed by atoms with Crippen LogP contribution in [-0.2, 0) is 16.0 Å². The average Bonchev–Trinajstić information content (AvgIpc) is 2.44. The van der Waals surface area contributed by atoms with Crippen LogP contribution < -0.4 is 4.74 Å². The van der Waals surface area contributed by atoms with E-state index in [1.807, 2.05) is 24.3 Å². The third-order valence-electron chi connectivity index (χ3n) is 3.57. The number of methoxy groups -OCH3 is 2. The number of aryl methyl sites for hydroxylation is 1. The van der Waals surface area contributed by atoms with E-state index in [2.05, 4.69) is 4.74 Å². The highest BCUT2D eigenvalue weighted by Crippen LogP contribution is 2.24. The molecule has 1 rings (SSSR count). The molecule has 0 heterocycles. The zero-order valence-electron chi connectivity index (χ0n) is 12.0. The number of carbonyl (C=O) groups is 1. The van der Waals surface area contributed by atoms with E-state index >= 15 is 0 Å². The topological polar surface area (TPSA) is 55.8 Å². The Morgan fingerprint density at radius 1 is 1.32 bits per heavy atom. The van der Waals surface area contributed by atoms with Crippen LogP contribution in [0, 0.1) is 5.92 Å². The SMILES string of the molecule is COC(=O)C(C)C(C)(O)CCc1ccc(OC)cc1. The lowest BCUT2D eigenvalue weighted by Crippen LogP contribution is -2.38. The van der Waals surface area contributed by atoms with Gasteiger partial charge in [0, 0.05) is 0 Å². The van der Waals surface area contributed by atoms with Crippen molar-refractivity contribution in [2.75, 3.05) is 14.2 Å². The average molecular weight is 266 g/mol. The summed E-state index contributed by atoms with van der Waals surface area (Å²) in [6.45, 7) is 3.35.